The maximum absolute atomic E-state index is 11.8. The highest BCUT2D eigenvalue weighted by atomic mass is 32.2. The summed E-state index contributed by atoms with van der Waals surface area (Å²) in [5, 5.41) is 1.72. The highest BCUT2D eigenvalue weighted by molar-refractivity contribution is 7.92. The zero-order valence-electron chi connectivity index (χ0n) is 11.1. The summed E-state index contributed by atoms with van der Waals surface area (Å²) in [7, 11) is -3.39. The van der Waals surface area contributed by atoms with E-state index in [0.29, 0.717) is 13.0 Å². The van der Waals surface area contributed by atoms with Gasteiger partial charge in [-0.2, -0.15) is 0 Å². The van der Waals surface area contributed by atoms with Crippen LogP contribution in [0.4, 0.5) is 0 Å². The Kier molecular flexibility index (Phi) is 6.12. The molecule has 0 bridgehead atoms. The van der Waals surface area contributed by atoms with Crippen LogP contribution < -0.4 is 11.1 Å². The van der Waals surface area contributed by atoms with E-state index in [9.17, 15) is 13.2 Å². The molecule has 0 aliphatic heterocycles. The SMILES string of the molecule is CCC(C)(C)NC(=O)C(C)S(=O)(=O)CCCN. The third-order valence-corrected chi connectivity index (χ3v) is 5.04. The van der Waals surface area contributed by atoms with E-state index in [1.807, 2.05) is 20.8 Å². The number of amides is 1. The van der Waals surface area contributed by atoms with Gasteiger partial charge in [-0.15, -0.1) is 0 Å². The molecule has 0 aromatic heterocycles. The van der Waals surface area contributed by atoms with Crippen molar-refractivity contribution in [1.82, 2.24) is 5.32 Å². The monoisotopic (exact) mass is 264 g/mol. The van der Waals surface area contributed by atoms with Gasteiger partial charge in [-0.05, 0) is 40.2 Å². The van der Waals surface area contributed by atoms with Crippen molar-refractivity contribution in [2.75, 3.05) is 12.3 Å². The zero-order valence-corrected chi connectivity index (χ0v) is 11.9. The first-order valence-electron chi connectivity index (χ1n) is 5.90. The van der Waals surface area contributed by atoms with Crippen molar-refractivity contribution < 1.29 is 13.2 Å². The minimum atomic E-state index is -3.39. The first-order chi connectivity index (χ1) is 7.66. The summed E-state index contributed by atoms with van der Waals surface area (Å²) in [6.07, 6.45) is 1.13. The topological polar surface area (TPSA) is 89.3 Å². The molecule has 1 unspecified atom stereocenters. The lowest BCUT2D eigenvalue weighted by molar-refractivity contribution is -0.122. The number of hydrogen-bond acceptors (Lipinski definition) is 4. The molecule has 0 radical (unpaired) electrons. The summed E-state index contributed by atoms with van der Waals surface area (Å²) in [5.74, 6) is -0.473. The Morgan fingerprint density at radius 1 is 1.41 bits per heavy atom. The third kappa shape index (κ3) is 5.50. The van der Waals surface area contributed by atoms with Crippen molar-refractivity contribution in [3.05, 3.63) is 0 Å². The van der Waals surface area contributed by atoms with Crippen LogP contribution in [0.3, 0.4) is 0 Å². The van der Waals surface area contributed by atoms with Crippen molar-refractivity contribution in [2.24, 2.45) is 5.73 Å². The number of carbonyl (C=O) groups is 1. The summed E-state index contributed by atoms with van der Waals surface area (Å²) in [5.41, 5.74) is 4.89. The van der Waals surface area contributed by atoms with Crippen LogP contribution in [0.1, 0.15) is 40.5 Å². The summed E-state index contributed by atoms with van der Waals surface area (Å²) in [4.78, 5) is 11.8. The number of rotatable bonds is 7. The molecule has 0 aliphatic rings. The zero-order chi connectivity index (χ0) is 13.7. The van der Waals surface area contributed by atoms with E-state index in [0.717, 1.165) is 6.42 Å². The lowest BCUT2D eigenvalue weighted by Crippen LogP contribution is -2.49. The van der Waals surface area contributed by atoms with Gasteiger partial charge in [-0.3, -0.25) is 4.79 Å². The lowest BCUT2D eigenvalue weighted by atomic mass is 10.0. The first-order valence-corrected chi connectivity index (χ1v) is 7.61. The summed E-state index contributed by atoms with van der Waals surface area (Å²) >= 11 is 0. The van der Waals surface area contributed by atoms with E-state index < -0.39 is 21.0 Å². The van der Waals surface area contributed by atoms with Crippen molar-refractivity contribution in [1.29, 1.82) is 0 Å². The summed E-state index contributed by atoms with van der Waals surface area (Å²) in [6.45, 7) is 7.41. The lowest BCUT2D eigenvalue weighted by Gasteiger charge is -2.26. The molecule has 6 heteroatoms. The normalized spacial score (nSPS) is 14.4. The van der Waals surface area contributed by atoms with Gasteiger partial charge in [0.15, 0.2) is 9.84 Å². The van der Waals surface area contributed by atoms with Crippen LogP contribution in [0.25, 0.3) is 0 Å². The molecule has 0 fully saturated rings. The average Bonchev–Trinajstić information content (AvgIpc) is 2.24. The van der Waals surface area contributed by atoms with E-state index in [-0.39, 0.29) is 11.3 Å². The van der Waals surface area contributed by atoms with Gasteiger partial charge in [-0.1, -0.05) is 6.92 Å². The predicted octanol–water partition coefficient (Wildman–Crippen LogP) is 0.443. The van der Waals surface area contributed by atoms with Crippen molar-refractivity contribution in [3.63, 3.8) is 0 Å². The van der Waals surface area contributed by atoms with Crippen LogP contribution in [0.15, 0.2) is 0 Å². The summed E-state index contributed by atoms with van der Waals surface area (Å²) < 4.78 is 23.6. The molecule has 17 heavy (non-hydrogen) atoms. The van der Waals surface area contributed by atoms with Gasteiger partial charge in [0.1, 0.15) is 5.25 Å². The summed E-state index contributed by atoms with van der Waals surface area (Å²) in [6, 6.07) is 0. The Morgan fingerprint density at radius 2 is 1.94 bits per heavy atom. The number of nitrogens with two attached hydrogens (primary N) is 1. The first kappa shape index (κ1) is 16.4. The standard InChI is InChI=1S/C11H24N2O3S/c1-5-11(3,4)13-10(14)9(2)17(15,16)8-6-7-12/h9H,5-8,12H2,1-4H3,(H,13,14). The number of nitrogens with one attached hydrogen (secondary N) is 1. The quantitative estimate of drug-likeness (QED) is 0.698. The average molecular weight is 264 g/mol. The van der Waals surface area contributed by atoms with Crippen molar-refractivity contribution >= 4 is 15.7 Å². The molecular formula is C11H24N2O3S. The second kappa shape index (κ2) is 6.35. The van der Waals surface area contributed by atoms with Crippen LogP contribution in [0, 0.1) is 0 Å². The van der Waals surface area contributed by atoms with Gasteiger partial charge in [0.05, 0.1) is 5.75 Å². The minimum Gasteiger partial charge on any atom is -0.350 e. The third-order valence-electron chi connectivity index (χ3n) is 2.89. The van der Waals surface area contributed by atoms with Gasteiger partial charge in [0.25, 0.3) is 0 Å². The Labute approximate surface area is 104 Å². The van der Waals surface area contributed by atoms with Crippen molar-refractivity contribution in [3.8, 4) is 0 Å². The van der Waals surface area contributed by atoms with E-state index in [4.69, 9.17) is 5.73 Å². The molecule has 102 valence electrons. The van der Waals surface area contributed by atoms with Crippen LogP contribution in [-0.4, -0.2) is 37.4 Å². The molecule has 0 aromatic carbocycles. The molecule has 0 saturated carbocycles. The number of hydrogen-bond donors (Lipinski definition) is 2. The van der Waals surface area contributed by atoms with E-state index in [1.165, 1.54) is 6.92 Å². The Bertz CT molecular complexity index is 350. The number of sulfone groups is 1. The van der Waals surface area contributed by atoms with Gasteiger partial charge < -0.3 is 11.1 Å². The Morgan fingerprint density at radius 3 is 2.35 bits per heavy atom. The van der Waals surface area contributed by atoms with Gasteiger partial charge >= 0.3 is 0 Å². The maximum Gasteiger partial charge on any atom is 0.238 e. The molecule has 1 amide bonds. The van der Waals surface area contributed by atoms with Crippen LogP contribution in [-0.2, 0) is 14.6 Å². The molecule has 0 spiro atoms. The fourth-order valence-corrected chi connectivity index (χ4v) is 2.46. The molecule has 0 aromatic rings. The Hall–Kier alpha value is -0.620. The van der Waals surface area contributed by atoms with Crippen molar-refractivity contribution in [2.45, 2.75) is 51.3 Å². The van der Waals surface area contributed by atoms with Crippen LogP contribution >= 0.6 is 0 Å². The van der Waals surface area contributed by atoms with E-state index >= 15 is 0 Å². The number of carbonyl (C=O) groups excluding carboxylic acids is 1. The van der Waals surface area contributed by atoms with E-state index in [2.05, 4.69) is 5.32 Å². The second-order valence-corrected chi connectivity index (χ2v) is 7.32. The fourth-order valence-electron chi connectivity index (χ4n) is 1.15. The van der Waals surface area contributed by atoms with E-state index in [1.54, 1.807) is 0 Å². The molecule has 0 heterocycles. The maximum atomic E-state index is 11.8. The Balaban J connectivity index is 4.60. The smallest absolute Gasteiger partial charge is 0.238 e. The molecule has 3 N–H and O–H groups in total. The largest absolute Gasteiger partial charge is 0.350 e. The molecular weight excluding hydrogens is 240 g/mol. The van der Waals surface area contributed by atoms with Gasteiger partial charge in [0, 0.05) is 5.54 Å². The molecule has 0 rings (SSSR count). The fraction of sp³-hybridized carbons (Fsp3) is 0.909. The van der Waals surface area contributed by atoms with Gasteiger partial charge in [-0.25, -0.2) is 8.42 Å². The predicted molar refractivity (Wildman–Crippen MR) is 69.4 cm³/mol. The molecule has 0 saturated heterocycles. The second-order valence-electron chi connectivity index (χ2n) is 4.88. The molecule has 5 nitrogen and oxygen atoms in total. The highest BCUT2D eigenvalue weighted by Crippen LogP contribution is 2.10. The van der Waals surface area contributed by atoms with Gasteiger partial charge in [0.2, 0.25) is 5.91 Å². The minimum absolute atomic E-state index is 0.0371. The highest BCUT2D eigenvalue weighted by Gasteiger charge is 2.30. The van der Waals surface area contributed by atoms with Crippen LogP contribution in [0.2, 0.25) is 0 Å². The molecule has 1 atom stereocenters. The van der Waals surface area contributed by atoms with Crippen LogP contribution in [0.5, 0.6) is 0 Å². The molecule has 0 aliphatic carbocycles.